The van der Waals surface area contributed by atoms with Gasteiger partial charge in [-0.3, -0.25) is 4.79 Å². The first-order chi connectivity index (χ1) is 10.1. The summed E-state index contributed by atoms with van der Waals surface area (Å²) in [6.07, 6.45) is 6.24. The molecule has 0 spiro atoms. The summed E-state index contributed by atoms with van der Waals surface area (Å²) in [6, 6.07) is 6.32. The van der Waals surface area contributed by atoms with E-state index in [0.29, 0.717) is 12.5 Å². The average Bonchev–Trinajstić information content (AvgIpc) is 2.49. The molecule has 1 fully saturated rings. The van der Waals surface area contributed by atoms with Gasteiger partial charge in [0.05, 0.1) is 0 Å². The first-order valence-corrected chi connectivity index (χ1v) is 8.14. The van der Waals surface area contributed by atoms with Gasteiger partial charge < -0.3 is 10.1 Å². The van der Waals surface area contributed by atoms with Crippen molar-refractivity contribution in [2.75, 3.05) is 0 Å². The number of hydrogen-bond acceptors (Lipinski definition) is 2. The molecule has 0 radical (unpaired) electrons. The van der Waals surface area contributed by atoms with E-state index in [1.807, 2.05) is 25.1 Å². The predicted molar refractivity (Wildman–Crippen MR) is 85.6 cm³/mol. The van der Waals surface area contributed by atoms with Crippen LogP contribution in [0.5, 0.6) is 5.75 Å². The summed E-state index contributed by atoms with van der Waals surface area (Å²) in [5.41, 5.74) is 2.43. The summed E-state index contributed by atoms with van der Waals surface area (Å²) in [5, 5.41) is 3.15. The highest BCUT2D eigenvalue weighted by molar-refractivity contribution is 5.81. The highest BCUT2D eigenvalue weighted by Gasteiger charge is 2.22. The van der Waals surface area contributed by atoms with Crippen LogP contribution < -0.4 is 10.1 Å². The van der Waals surface area contributed by atoms with Crippen LogP contribution in [0.15, 0.2) is 18.2 Å². The molecule has 0 bridgehead atoms. The minimum Gasteiger partial charge on any atom is -0.481 e. The van der Waals surface area contributed by atoms with Gasteiger partial charge in [0.15, 0.2) is 6.10 Å². The van der Waals surface area contributed by atoms with Crippen molar-refractivity contribution in [1.82, 2.24) is 5.32 Å². The fourth-order valence-electron chi connectivity index (χ4n) is 2.81. The molecule has 1 aromatic carbocycles. The topological polar surface area (TPSA) is 38.3 Å². The second kappa shape index (κ2) is 7.48. The Hall–Kier alpha value is -1.51. The highest BCUT2D eigenvalue weighted by atomic mass is 16.5. The Labute approximate surface area is 128 Å². The van der Waals surface area contributed by atoms with Crippen LogP contribution >= 0.6 is 0 Å². The minimum absolute atomic E-state index is 0.0302. The van der Waals surface area contributed by atoms with E-state index in [-0.39, 0.29) is 5.91 Å². The van der Waals surface area contributed by atoms with Gasteiger partial charge in [-0.1, -0.05) is 32.3 Å². The summed E-state index contributed by atoms with van der Waals surface area (Å²) in [7, 11) is 0. The molecule has 1 aliphatic carbocycles. The Morgan fingerprint density at radius 2 is 1.95 bits per heavy atom. The lowest BCUT2D eigenvalue weighted by molar-refractivity contribution is -0.129. The molecular formula is C18H27NO2. The highest BCUT2D eigenvalue weighted by Crippen LogP contribution is 2.20. The standard InChI is InChI=1S/C18H27NO2/c1-4-17(18(20)19-15-8-6-5-7-9-15)21-16-11-10-13(2)14(3)12-16/h10-12,15,17H,4-9H2,1-3H3,(H,19,20). The molecule has 1 N–H and O–H groups in total. The van der Waals surface area contributed by atoms with E-state index in [0.717, 1.165) is 18.6 Å². The van der Waals surface area contributed by atoms with Gasteiger partial charge in [0.25, 0.3) is 5.91 Å². The largest absolute Gasteiger partial charge is 0.481 e. The van der Waals surface area contributed by atoms with E-state index in [1.165, 1.54) is 30.4 Å². The van der Waals surface area contributed by atoms with E-state index >= 15 is 0 Å². The van der Waals surface area contributed by atoms with Crippen molar-refractivity contribution in [2.45, 2.75) is 71.4 Å². The predicted octanol–water partition coefficient (Wildman–Crippen LogP) is 3.91. The first kappa shape index (κ1) is 15.9. The number of rotatable bonds is 5. The first-order valence-electron chi connectivity index (χ1n) is 8.14. The fourth-order valence-corrected chi connectivity index (χ4v) is 2.81. The Morgan fingerprint density at radius 1 is 1.24 bits per heavy atom. The Kier molecular flexibility index (Phi) is 5.66. The molecule has 116 valence electrons. The van der Waals surface area contributed by atoms with Gasteiger partial charge in [0.1, 0.15) is 5.75 Å². The number of carbonyl (C=O) groups is 1. The lowest BCUT2D eigenvalue weighted by atomic mass is 9.95. The quantitative estimate of drug-likeness (QED) is 0.892. The molecule has 1 aromatic rings. The lowest BCUT2D eigenvalue weighted by Gasteiger charge is -2.25. The molecule has 1 saturated carbocycles. The minimum atomic E-state index is -0.394. The van der Waals surface area contributed by atoms with Crippen LogP contribution in [-0.2, 0) is 4.79 Å². The molecule has 0 saturated heterocycles. The third-order valence-corrected chi connectivity index (χ3v) is 4.37. The Morgan fingerprint density at radius 3 is 2.57 bits per heavy atom. The maximum Gasteiger partial charge on any atom is 0.261 e. The molecule has 0 heterocycles. The molecule has 0 aliphatic heterocycles. The number of hydrogen-bond donors (Lipinski definition) is 1. The van der Waals surface area contributed by atoms with Crippen LogP contribution in [0.4, 0.5) is 0 Å². The summed E-state index contributed by atoms with van der Waals surface area (Å²) in [5.74, 6) is 0.811. The molecule has 1 amide bonds. The molecule has 1 aliphatic rings. The molecule has 1 unspecified atom stereocenters. The van der Waals surface area contributed by atoms with Gasteiger partial charge in [-0.05, 0) is 56.4 Å². The third kappa shape index (κ3) is 4.48. The van der Waals surface area contributed by atoms with E-state index in [4.69, 9.17) is 4.74 Å². The SMILES string of the molecule is CCC(Oc1ccc(C)c(C)c1)C(=O)NC1CCCCC1. The Balaban J connectivity index is 1.94. The van der Waals surface area contributed by atoms with Crippen LogP contribution in [0.3, 0.4) is 0 Å². The van der Waals surface area contributed by atoms with Gasteiger partial charge in [0.2, 0.25) is 0 Å². The van der Waals surface area contributed by atoms with Crippen molar-refractivity contribution in [2.24, 2.45) is 0 Å². The molecule has 2 rings (SSSR count). The van der Waals surface area contributed by atoms with E-state index < -0.39 is 6.10 Å². The molecule has 1 atom stereocenters. The Bertz CT molecular complexity index is 478. The van der Waals surface area contributed by atoms with Crippen LogP contribution in [0.1, 0.15) is 56.6 Å². The molecule has 21 heavy (non-hydrogen) atoms. The van der Waals surface area contributed by atoms with Crippen molar-refractivity contribution >= 4 is 5.91 Å². The monoisotopic (exact) mass is 289 g/mol. The summed E-state index contributed by atoms with van der Waals surface area (Å²) in [6.45, 7) is 6.13. The van der Waals surface area contributed by atoms with Gasteiger partial charge in [0, 0.05) is 6.04 Å². The number of amides is 1. The number of benzene rings is 1. The van der Waals surface area contributed by atoms with Crippen molar-refractivity contribution in [3.05, 3.63) is 29.3 Å². The lowest BCUT2D eigenvalue weighted by Crippen LogP contribution is -2.44. The summed E-state index contributed by atoms with van der Waals surface area (Å²) >= 11 is 0. The second-order valence-electron chi connectivity index (χ2n) is 6.10. The van der Waals surface area contributed by atoms with Crippen LogP contribution in [0, 0.1) is 13.8 Å². The van der Waals surface area contributed by atoms with Gasteiger partial charge in [-0.2, -0.15) is 0 Å². The average molecular weight is 289 g/mol. The van der Waals surface area contributed by atoms with Crippen molar-refractivity contribution < 1.29 is 9.53 Å². The van der Waals surface area contributed by atoms with Crippen molar-refractivity contribution in [3.63, 3.8) is 0 Å². The molecule has 0 aromatic heterocycles. The zero-order valence-electron chi connectivity index (χ0n) is 13.4. The number of carbonyl (C=O) groups excluding carboxylic acids is 1. The summed E-state index contributed by atoms with van der Waals surface area (Å²) in [4.78, 5) is 12.4. The van der Waals surface area contributed by atoms with E-state index in [2.05, 4.69) is 19.2 Å². The zero-order valence-corrected chi connectivity index (χ0v) is 13.4. The van der Waals surface area contributed by atoms with Crippen molar-refractivity contribution in [3.8, 4) is 5.75 Å². The summed E-state index contributed by atoms with van der Waals surface area (Å²) < 4.78 is 5.89. The third-order valence-electron chi connectivity index (χ3n) is 4.37. The fraction of sp³-hybridized carbons (Fsp3) is 0.611. The van der Waals surface area contributed by atoms with Crippen LogP contribution in [0.25, 0.3) is 0 Å². The van der Waals surface area contributed by atoms with Gasteiger partial charge in [-0.15, -0.1) is 0 Å². The van der Waals surface area contributed by atoms with Crippen LogP contribution in [-0.4, -0.2) is 18.1 Å². The van der Waals surface area contributed by atoms with E-state index in [9.17, 15) is 4.79 Å². The number of ether oxygens (including phenoxy) is 1. The molecular weight excluding hydrogens is 262 g/mol. The molecule has 3 heteroatoms. The number of nitrogens with one attached hydrogen (secondary N) is 1. The normalized spacial score (nSPS) is 17.3. The second-order valence-corrected chi connectivity index (χ2v) is 6.10. The zero-order chi connectivity index (χ0) is 15.2. The number of aryl methyl sites for hydroxylation is 2. The van der Waals surface area contributed by atoms with Crippen LogP contribution in [0.2, 0.25) is 0 Å². The van der Waals surface area contributed by atoms with Crippen molar-refractivity contribution in [1.29, 1.82) is 0 Å². The van der Waals surface area contributed by atoms with Gasteiger partial charge >= 0.3 is 0 Å². The van der Waals surface area contributed by atoms with E-state index in [1.54, 1.807) is 0 Å². The smallest absolute Gasteiger partial charge is 0.261 e. The molecule has 3 nitrogen and oxygen atoms in total. The maximum atomic E-state index is 12.4. The van der Waals surface area contributed by atoms with Gasteiger partial charge in [-0.25, -0.2) is 0 Å². The maximum absolute atomic E-state index is 12.4.